The van der Waals surface area contributed by atoms with Gasteiger partial charge in [-0.05, 0) is 36.4 Å². The van der Waals surface area contributed by atoms with Gasteiger partial charge in [0.15, 0.2) is 6.61 Å². The SMILES string of the molecule is O=C(COc1ccccc1)N/N=C\c1ccc(-c2ccc([N+](=O)[O-])cc2)o1. The molecule has 8 heteroatoms. The van der Waals surface area contributed by atoms with Gasteiger partial charge in [0.25, 0.3) is 11.6 Å². The number of nitrogens with one attached hydrogen (secondary N) is 1. The van der Waals surface area contributed by atoms with Gasteiger partial charge in [0, 0.05) is 17.7 Å². The summed E-state index contributed by atoms with van der Waals surface area (Å²) in [6, 6.07) is 18.4. The number of amides is 1. The van der Waals surface area contributed by atoms with E-state index in [0.717, 1.165) is 0 Å². The van der Waals surface area contributed by atoms with Gasteiger partial charge < -0.3 is 9.15 Å². The van der Waals surface area contributed by atoms with Crippen molar-refractivity contribution in [3.8, 4) is 17.1 Å². The minimum Gasteiger partial charge on any atom is -0.484 e. The highest BCUT2D eigenvalue weighted by Gasteiger charge is 2.08. The summed E-state index contributed by atoms with van der Waals surface area (Å²) in [6.45, 7) is -0.159. The van der Waals surface area contributed by atoms with E-state index in [1.54, 1.807) is 36.4 Å². The molecule has 0 radical (unpaired) electrons. The molecular formula is C19H15N3O5. The summed E-state index contributed by atoms with van der Waals surface area (Å²) in [5.74, 6) is 1.14. The van der Waals surface area contributed by atoms with Gasteiger partial charge in [-0.3, -0.25) is 14.9 Å². The standard InChI is InChI=1S/C19H15N3O5/c23-19(13-26-16-4-2-1-3-5-16)21-20-12-17-10-11-18(27-17)14-6-8-15(9-7-14)22(24)25/h1-12H,13H2,(H,21,23)/b20-12-. The Bertz CT molecular complexity index is 949. The lowest BCUT2D eigenvalue weighted by molar-refractivity contribution is -0.384. The van der Waals surface area contributed by atoms with Gasteiger partial charge in [-0.25, -0.2) is 5.43 Å². The summed E-state index contributed by atoms with van der Waals surface area (Å²) in [5, 5.41) is 14.5. The second kappa shape index (κ2) is 8.43. The van der Waals surface area contributed by atoms with Crippen molar-refractivity contribution >= 4 is 17.8 Å². The van der Waals surface area contributed by atoms with Crippen LogP contribution >= 0.6 is 0 Å². The first-order valence-electron chi connectivity index (χ1n) is 7.96. The molecule has 1 N–H and O–H groups in total. The number of benzene rings is 2. The average Bonchev–Trinajstić information content (AvgIpc) is 3.16. The third-order valence-electron chi connectivity index (χ3n) is 3.48. The highest BCUT2D eigenvalue weighted by Crippen LogP contribution is 2.23. The fraction of sp³-hybridized carbons (Fsp3) is 0.0526. The Morgan fingerprint density at radius 2 is 1.85 bits per heavy atom. The van der Waals surface area contributed by atoms with Gasteiger partial charge in [0.2, 0.25) is 0 Å². The fourth-order valence-corrected chi connectivity index (χ4v) is 2.19. The fourth-order valence-electron chi connectivity index (χ4n) is 2.19. The maximum absolute atomic E-state index is 11.7. The molecule has 0 aliphatic carbocycles. The first-order chi connectivity index (χ1) is 13.1. The van der Waals surface area contributed by atoms with Crippen LogP contribution in [0.1, 0.15) is 5.76 Å². The number of ether oxygens (including phenoxy) is 1. The van der Waals surface area contributed by atoms with Gasteiger partial charge in [-0.1, -0.05) is 18.2 Å². The van der Waals surface area contributed by atoms with E-state index in [-0.39, 0.29) is 12.3 Å². The van der Waals surface area contributed by atoms with Crippen molar-refractivity contribution in [2.45, 2.75) is 0 Å². The summed E-state index contributed by atoms with van der Waals surface area (Å²) in [6.07, 6.45) is 1.36. The highest BCUT2D eigenvalue weighted by molar-refractivity contribution is 5.81. The minimum atomic E-state index is -0.464. The smallest absolute Gasteiger partial charge is 0.277 e. The molecule has 8 nitrogen and oxygen atoms in total. The van der Waals surface area contributed by atoms with Crippen molar-refractivity contribution in [3.63, 3.8) is 0 Å². The van der Waals surface area contributed by atoms with Crippen LogP contribution in [-0.2, 0) is 4.79 Å². The van der Waals surface area contributed by atoms with Crippen LogP contribution in [0.25, 0.3) is 11.3 Å². The van der Waals surface area contributed by atoms with Gasteiger partial charge in [-0.15, -0.1) is 0 Å². The number of hydrogen-bond donors (Lipinski definition) is 1. The van der Waals surface area contributed by atoms with E-state index in [0.29, 0.717) is 22.8 Å². The maximum atomic E-state index is 11.7. The molecule has 1 amide bonds. The molecule has 3 aromatic rings. The lowest BCUT2D eigenvalue weighted by atomic mass is 10.1. The molecule has 136 valence electrons. The van der Waals surface area contributed by atoms with Crippen molar-refractivity contribution in [3.05, 3.63) is 82.6 Å². The van der Waals surface area contributed by atoms with Crippen molar-refractivity contribution in [2.24, 2.45) is 5.10 Å². The van der Waals surface area contributed by atoms with E-state index in [1.807, 2.05) is 18.2 Å². The molecule has 3 rings (SSSR count). The van der Waals surface area contributed by atoms with E-state index in [4.69, 9.17) is 9.15 Å². The number of para-hydroxylation sites is 1. The Labute approximate surface area is 154 Å². The Hall–Kier alpha value is -3.94. The Morgan fingerprint density at radius 1 is 1.11 bits per heavy atom. The Balaban J connectivity index is 1.52. The molecule has 0 saturated carbocycles. The number of furan rings is 1. The molecule has 27 heavy (non-hydrogen) atoms. The van der Waals surface area contributed by atoms with Gasteiger partial charge >= 0.3 is 0 Å². The number of hydrogen-bond acceptors (Lipinski definition) is 6. The van der Waals surface area contributed by atoms with Gasteiger partial charge in [0.1, 0.15) is 17.3 Å². The number of non-ortho nitro benzene ring substituents is 1. The third kappa shape index (κ3) is 5.02. The Kier molecular flexibility index (Phi) is 5.58. The van der Waals surface area contributed by atoms with Crippen LogP contribution in [0.2, 0.25) is 0 Å². The second-order valence-corrected chi connectivity index (χ2v) is 5.40. The largest absolute Gasteiger partial charge is 0.484 e. The van der Waals surface area contributed by atoms with Crippen molar-refractivity contribution in [1.29, 1.82) is 0 Å². The van der Waals surface area contributed by atoms with Crippen molar-refractivity contribution in [1.82, 2.24) is 5.43 Å². The van der Waals surface area contributed by atoms with Crippen LogP contribution in [-0.4, -0.2) is 23.7 Å². The summed E-state index contributed by atoms with van der Waals surface area (Å²) in [4.78, 5) is 21.9. The molecule has 0 fully saturated rings. The van der Waals surface area contributed by atoms with Crippen molar-refractivity contribution < 1.29 is 18.9 Å². The highest BCUT2D eigenvalue weighted by atomic mass is 16.6. The van der Waals surface area contributed by atoms with E-state index in [2.05, 4.69) is 10.5 Å². The lowest BCUT2D eigenvalue weighted by Gasteiger charge is -2.03. The summed E-state index contributed by atoms with van der Waals surface area (Å²) in [7, 11) is 0. The van der Waals surface area contributed by atoms with Crippen LogP contribution in [0.15, 0.2) is 76.2 Å². The van der Waals surface area contributed by atoms with E-state index < -0.39 is 10.8 Å². The summed E-state index contributed by atoms with van der Waals surface area (Å²) in [5.41, 5.74) is 3.04. The number of rotatable bonds is 7. The average molecular weight is 365 g/mol. The van der Waals surface area contributed by atoms with Crippen LogP contribution in [0.3, 0.4) is 0 Å². The van der Waals surface area contributed by atoms with Crippen LogP contribution in [0, 0.1) is 10.1 Å². The molecule has 0 aliphatic heterocycles. The number of carbonyl (C=O) groups excluding carboxylic acids is 1. The lowest BCUT2D eigenvalue weighted by Crippen LogP contribution is -2.24. The van der Waals surface area contributed by atoms with E-state index >= 15 is 0 Å². The number of nitrogens with zero attached hydrogens (tertiary/aromatic N) is 2. The second-order valence-electron chi connectivity index (χ2n) is 5.40. The van der Waals surface area contributed by atoms with Crippen LogP contribution < -0.4 is 10.2 Å². The molecule has 0 saturated heterocycles. The molecule has 0 spiro atoms. The third-order valence-corrected chi connectivity index (χ3v) is 3.48. The predicted molar refractivity (Wildman–Crippen MR) is 98.5 cm³/mol. The van der Waals surface area contributed by atoms with Gasteiger partial charge in [0.05, 0.1) is 11.1 Å². The summed E-state index contributed by atoms with van der Waals surface area (Å²) >= 11 is 0. The Morgan fingerprint density at radius 3 is 2.56 bits per heavy atom. The topological polar surface area (TPSA) is 107 Å². The van der Waals surface area contributed by atoms with E-state index in [9.17, 15) is 14.9 Å². The van der Waals surface area contributed by atoms with Crippen LogP contribution in [0.4, 0.5) is 5.69 Å². The normalized spacial score (nSPS) is 10.7. The molecule has 1 heterocycles. The molecule has 2 aromatic carbocycles. The minimum absolute atomic E-state index is 0.00697. The summed E-state index contributed by atoms with van der Waals surface area (Å²) < 4.78 is 10.9. The first kappa shape index (κ1) is 17.9. The predicted octanol–water partition coefficient (Wildman–Crippen LogP) is 3.38. The monoisotopic (exact) mass is 365 g/mol. The number of carbonyl (C=O) groups is 1. The first-order valence-corrected chi connectivity index (χ1v) is 7.96. The number of nitro benzene ring substituents is 1. The number of nitro groups is 1. The molecular weight excluding hydrogens is 350 g/mol. The van der Waals surface area contributed by atoms with Crippen LogP contribution in [0.5, 0.6) is 5.75 Å². The molecule has 0 atom stereocenters. The zero-order chi connectivity index (χ0) is 19.1. The molecule has 0 unspecified atom stereocenters. The molecule has 0 bridgehead atoms. The zero-order valence-corrected chi connectivity index (χ0v) is 14.1. The van der Waals surface area contributed by atoms with Gasteiger partial charge in [-0.2, -0.15) is 5.10 Å². The van der Waals surface area contributed by atoms with E-state index in [1.165, 1.54) is 18.3 Å². The van der Waals surface area contributed by atoms with Crippen molar-refractivity contribution in [2.75, 3.05) is 6.61 Å². The number of hydrazone groups is 1. The molecule has 0 aliphatic rings. The zero-order valence-electron chi connectivity index (χ0n) is 14.1. The maximum Gasteiger partial charge on any atom is 0.277 e. The molecule has 1 aromatic heterocycles. The quantitative estimate of drug-likeness (QED) is 0.392.